The van der Waals surface area contributed by atoms with Gasteiger partial charge in [0.05, 0.1) is 5.69 Å². The number of carbonyl (C=O) groups is 1. The van der Waals surface area contributed by atoms with Crippen LogP contribution in [0.4, 0.5) is 11.6 Å². The topological polar surface area (TPSA) is 58.1 Å². The van der Waals surface area contributed by atoms with E-state index in [0.29, 0.717) is 11.6 Å². The van der Waals surface area contributed by atoms with E-state index in [0.717, 1.165) is 41.7 Å². The Hall–Kier alpha value is -1.95. The number of aryl methyl sites for hydroxylation is 1. The summed E-state index contributed by atoms with van der Waals surface area (Å²) in [5, 5.41) is 2.89. The van der Waals surface area contributed by atoms with Crippen molar-refractivity contribution in [3.8, 4) is 0 Å². The van der Waals surface area contributed by atoms with Gasteiger partial charge in [-0.1, -0.05) is 19.9 Å². The fourth-order valence-electron chi connectivity index (χ4n) is 2.39. The van der Waals surface area contributed by atoms with E-state index < -0.39 is 0 Å². The van der Waals surface area contributed by atoms with Crippen molar-refractivity contribution in [2.24, 2.45) is 0 Å². The highest BCUT2D eigenvalue weighted by molar-refractivity contribution is 9.10. The third-order valence-corrected chi connectivity index (χ3v) is 4.17. The van der Waals surface area contributed by atoms with Crippen LogP contribution in [0.15, 0.2) is 34.9 Å². The molecule has 1 amide bonds. The molecule has 0 saturated carbocycles. The van der Waals surface area contributed by atoms with E-state index >= 15 is 0 Å². The van der Waals surface area contributed by atoms with Crippen molar-refractivity contribution in [2.75, 3.05) is 23.3 Å². The maximum absolute atomic E-state index is 12.5. The molecule has 0 saturated heterocycles. The SMILES string of the molecule is CCCN(CCC)c1nccc(C(=O)Nc2ccc(C)cc2Br)n1. The van der Waals surface area contributed by atoms with Gasteiger partial charge in [0.1, 0.15) is 5.69 Å². The Bertz CT molecular complexity index is 699. The van der Waals surface area contributed by atoms with Gasteiger partial charge in [-0.15, -0.1) is 0 Å². The van der Waals surface area contributed by atoms with Crippen LogP contribution in [0.3, 0.4) is 0 Å². The van der Waals surface area contributed by atoms with Crippen LogP contribution >= 0.6 is 15.9 Å². The van der Waals surface area contributed by atoms with Crippen LogP contribution in [-0.2, 0) is 0 Å². The Balaban J connectivity index is 2.19. The highest BCUT2D eigenvalue weighted by Gasteiger charge is 2.14. The second-order valence-electron chi connectivity index (χ2n) is 5.67. The average molecular weight is 391 g/mol. The lowest BCUT2D eigenvalue weighted by Crippen LogP contribution is -2.27. The van der Waals surface area contributed by atoms with E-state index in [9.17, 15) is 4.79 Å². The van der Waals surface area contributed by atoms with Crippen molar-refractivity contribution in [3.05, 3.63) is 46.2 Å². The van der Waals surface area contributed by atoms with Gasteiger partial charge in [-0.3, -0.25) is 4.79 Å². The minimum atomic E-state index is -0.240. The largest absolute Gasteiger partial charge is 0.341 e. The molecule has 0 aliphatic rings. The van der Waals surface area contributed by atoms with Gasteiger partial charge in [-0.25, -0.2) is 9.97 Å². The summed E-state index contributed by atoms with van der Waals surface area (Å²) >= 11 is 3.47. The average Bonchev–Trinajstić information content (AvgIpc) is 2.57. The Labute approximate surface area is 151 Å². The lowest BCUT2D eigenvalue weighted by atomic mass is 10.2. The van der Waals surface area contributed by atoms with Gasteiger partial charge >= 0.3 is 0 Å². The standard InChI is InChI=1S/C18H23BrN4O/c1-4-10-23(11-5-2)18-20-9-8-16(22-18)17(24)21-15-7-6-13(3)12-14(15)19/h6-9,12H,4-5,10-11H2,1-3H3,(H,21,24). The number of aromatic nitrogens is 2. The highest BCUT2D eigenvalue weighted by Crippen LogP contribution is 2.23. The smallest absolute Gasteiger partial charge is 0.274 e. The molecule has 24 heavy (non-hydrogen) atoms. The summed E-state index contributed by atoms with van der Waals surface area (Å²) in [6.07, 6.45) is 3.66. The number of nitrogens with zero attached hydrogens (tertiary/aromatic N) is 3. The fourth-order valence-corrected chi connectivity index (χ4v) is 2.98. The molecule has 1 aromatic heterocycles. The number of hydrogen-bond acceptors (Lipinski definition) is 4. The third kappa shape index (κ3) is 4.77. The van der Waals surface area contributed by atoms with Gasteiger partial charge in [0, 0.05) is 23.8 Å². The van der Waals surface area contributed by atoms with E-state index in [4.69, 9.17) is 0 Å². The Morgan fingerprint density at radius 1 is 1.21 bits per heavy atom. The number of hydrogen-bond donors (Lipinski definition) is 1. The zero-order chi connectivity index (χ0) is 17.5. The summed E-state index contributed by atoms with van der Waals surface area (Å²) < 4.78 is 0.851. The molecular formula is C18H23BrN4O. The Morgan fingerprint density at radius 2 is 1.92 bits per heavy atom. The first kappa shape index (κ1) is 18.4. The molecule has 128 valence electrons. The molecule has 1 heterocycles. The van der Waals surface area contributed by atoms with Gasteiger partial charge in [0.15, 0.2) is 0 Å². The number of carbonyl (C=O) groups excluding carboxylic acids is 1. The first-order valence-electron chi connectivity index (χ1n) is 8.20. The van der Waals surface area contributed by atoms with Crippen LogP contribution in [-0.4, -0.2) is 29.0 Å². The van der Waals surface area contributed by atoms with Crippen molar-refractivity contribution >= 4 is 33.5 Å². The molecule has 2 aromatic rings. The van der Waals surface area contributed by atoms with Crippen LogP contribution in [0, 0.1) is 6.92 Å². The van der Waals surface area contributed by atoms with Crippen LogP contribution in [0.25, 0.3) is 0 Å². The molecule has 6 heteroatoms. The number of amides is 1. The molecule has 0 fully saturated rings. The normalized spacial score (nSPS) is 10.5. The van der Waals surface area contributed by atoms with Crippen LogP contribution in [0.5, 0.6) is 0 Å². The predicted octanol–water partition coefficient (Wildman–Crippen LogP) is 4.43. The lowest BCUT2D eigenvalue weighted by Gasteiger charge is -2.21. The molecule has 0 atom stereocenters. The van der Waals surface area contributed by atoms with Gasteiger partial charge in [-0.2, -0.15) is 0 Å². The van der Waals surface area contributed by atoms with E-state index in [1.807, 2.05) is 25.1 Å². The van der Waals surface area contributed by atoms with Crippen LogP contribution in [0.2, 0.25) is 0 Å². The van der Waals surface area contributed by atoms with Gasteiger partial charge in [0.2, 0.25) is 5.95 Å². The summed E-state index contributed by atoms with van der Waals surface area (Å²) in [4.78, 5) is 23.4. The van der Waals surface area contributed by atoms with Crippen molar-refractivity contribution in [1.29, 1.82) is 0 Å². The molecule has 2 rings (SSSR count). The summed E-state index contributed by atoms with van der Waals surface area (Å²) in [6.45, 7) is 8.00. The van der Waals surface area contributed by atoms with Gasteiger partial charge in [0.25, 0.3) is 5.91 Å². The Kier molecular flexibility index (Phi) is 6.73. The van der Waals surface area contributed by atoms with E-state index in [1.165, 1.54) is 0 Å². The van der Waals surface area contributed by atoms with Crippen molar-refractivity contribution in [3.63, 3.8) is 0 Å². The molecule has 5 nitrogen and oxygen atoms in total. The minimum absolute atomic E-state index is 0.240. The molecule has 0 aliphatic carbocycles. The summed E-state index contributed by atoms with van der Waals surface area (Å²) in [5.41, 5.74) is 2.22. The summed E-state index contributed by atoms with van der Waals surface area (Å²) in [7, 11) is 0. The predicted molar refractivity (Wildman–Crippen MR) is 102 cm³/mol. The highest BCUT2D eigenvalue weighted by atomic mass is 79.9. The van der Waals surface area contributed by atoms with E-state index in [2.05, 4.69) is 50.0 Å². The molecule has 0 bridgehead atoms. The zero-order valence-electron chi connectivity index (χ0n) is 14.3. The molecule has 0 aliphatic heterocycles. The maximum Gasteiger partial charge on any atom is 0.274 e. The van der Waals surface area contributed by atoms with Crippen LogP contribution in [0.1, 0.15) is 42.7 Å². The fraction of sp³-hybridized carbons (Fsp3) is 0.389. The molecular weight excluding hydrogens is 368 g/mol. The second-order valence-corrected chi connectivity index (χ2v) is 6.52. The molecule has 0 spiro atoms. The summed E-state index contributed by atoms with van der Waals surface area (Å²) in [5.74, 6) is 0.366. The Morgan fingerprint density at radius 3 is 2.54 bits per heavy atom. The lowest BCUT2D eigenvalue weighted by molar-refractivity contribution is 0.102. The summed E-state index contributed by atoms with van der Waals surface area (Å²) in [6, 6.07) is 7.43. The quantitative estimate of drug-likeness (QED) is 0.759. The number of nitrogens with one attached hydrogen (secondary N) is 1. The van der Waals surface area contributed by atoms with E-state index in [-0.39, 0.29) is 5.91 Å². The first-order valence-corrected chi connectivity index (χ1v) is 9.00. The first-order chi connectivity index (χ1) is 11.5. The number of halogens is 1. The molecule has 0 unspecified atom stereocenters. The van der Waals surface area contributed by atoms with Gasteiger partial charge < -0.3 is 10.2 Å². The molecule has 0 radical (unpaired) electrons. The number of rotatable bonds is 7. The minimum Gasteiger partial charge on any atom is -0.341 e. The maximum atomic E-state index is 12.5. The molecule has 1 aromatic carbocycles. The second kappa shape index (κ2) is 8.78. The van der Waals surface area contributed by atoms with E-state index in [1.54, 1.807) is 12.3 Å². The zero-order valence-corrected chi connectivity index (χ0v) is 15.9. The number of anilines is 2. The van der Waals surface area contributed by atoms with Crippen molar-refractivity contribution in [1.82, 2.24) is 9.97 Å². The van der Waals surface area contributed by atoms with Crippen molar-refractivity contribution < 1.29 is 4.79 Å². The van der Waals surface area contributed by atoms with Gasteiger partial charge in [-0.05, 0) is 59.5 Å². The van der Waals surface area contributed by atoms with Crippen molar-refractivity contribution in [2.45, 2.75) is 33.6 Å². The number of benzene rings is 1. The molecule has 1 N–H and O–H groups in total. The third-order valence-electron chi connectivity index (χ3n) is 3.52. The monoisotopic (exact) mass is 390 g/mol. The van der Waals surface area contributed by atoms with Crippen LogP contribution < -0.4 is 10.2 Å².